The van der Waals surface area contributed by atoms with E-state index in [-0.39, 0.29) is 30.4 Å². The van der Waals surface area contributed by atoms with Crippen molar-refractivity contribution >= 4 is 11.9 Å². The lowest BCUT2D eigenvalue weighted by atomic mass is 10.1. The van der Waals surface area contributed by atoms with E-state index in [0.717, 1.165) is 23.5 Å². The molecule has 1 aliphatic carbocycles. The van der Waals surface area contributed by atoms with Gasteiger partial charge in [-0.3, -0.25) is 4.79 Å². The van der Waals surface area contributed by atoms with Crippen LogP contribution in [0.3, 0.4) is 0 Å². The summed E-state index contributed by atoms with van der Waals surface area (Å²) in [7, 11) is 0. The van der Waals surface area contributed by atoms with Crippen LogP contribution in [0.5, 0.6) is 11.5 Å². The first-order valence-electron chi connectivity index (χ1n) is 8.59. The summed E-state index contributed by atoms with van der Waals surface area (Å²) in [5.41, 5.74) is 1.07. The highest BCUT2D eigenvalue weighted by atomic mass is 16.6. The molecule has 7 heteroatoms. The first-order valence-corrected chi connectivity index (χ1v) is 8.59. The monoisotopic (exact) mass is 347 g/mol. The first kappa shape index (κ1) is 16.2. The molecule has 0 spiro atoms. The van der Waals surface area contributed by atoms with Crippen LogP contribution in [0, 0.1) is 5.92 Å². The van der Waals surface area contributed by atoms with Crippen LogP contribution in [0.4, 0.5) is 0 Å². The van der Waals surface area contributed by atoms with E-state index in [1.54, 1.807) is 11.8 Å². The van der Waals surface area contributed by atoms with Crippen LogP contribution in [0.2, 0.25) is 0 Å². The van der Waals surface area contributed by atoms with Gasteiger partial charge in [0.15, 0.2) is 17.6 Å². The Morgan fingerprint density at radius 3 is 2.68 bits per heavy atom. The average Bonchev–Trinajstić information content (AvgIpc) is 3.41. The molecule has 1 saturated carbocycles. The number of rotatable bonds is 3. The molecule has 1 N–H and O–H groups in total. The molecule has 1 amide bonds. The molecule has 134 valence electrons. The van der Waals surface area contributed by atoms with Crippen LogP contribution < -0.4 is 9.47 Å². The normalized spacial score (nSPS) is 30.7. The quantitative estimate of drug-likeness (QED) is 0.886. The summed E-state index contributed by atoms with van der Waals surface area (Å²) in [6.45, 7) is 3.43. The molecule has 25 heavy (non-hydrogen) atoms. The number of ether oxygens (including phenoxy) is 3. The van der Waals surface area contributed by atoms with Gasteiger partial charge in [-0.05, 0) is 37.0 Å². The standard InChI is InChI=1S/C18H21NO6/c1-10-8-19(9-16(25-10)18(21)22)17(20)13-7-12(13)11-2-3-14-15(6-11)24-5-4-23-14/h2-3,6,10,12-13,16H,4-5,7-9H2,1H3,(H,21,22)/t10-,12?,13?,16?/m1/s1. The number of amides is 1. The lowest BCUT2D eigenvalue weighted by molar-refractivity contribution is -0.167. The molecular weight excluding hydrogens is 326 g/mol. The summed E-state index contributed by atoms with van der Waals surface area (Å²) in [5, 5.41) is 9.16. The second-order valence-corrected chi connectivity index (χ2v) is 6.87. The highest BCUT2D eigenvalue weighted by Crippen LogP contribution is 2.50. The van der Waals surface area contributed by atoms with Crippen molar-refractivity contribution in [3.8, 4) is 11.5 Å². The van der Waals surface area contributed by atoms with E-state index in [0.29, 0.717) is 19.8 Å². The Hall–Kier alpha value is -2.28. The number of carbonyl (C=O) groups is 2. The highest BCUT2D eigenvalue weighted by Gasteiger charge is 2.47. The van der Waals surface area contributed by atoms with Crippen molar-refractivity contribution in [1.29, 1.82) is 0 Å². The Balaban J connectivity index is 1.44. The third kappa shape index (κ3) is 3.16. The molecule has 4 rings (SSSR count). The van der Waals surface area contributed by atoms with E-state index in [1.165, 1.54) is 0 Å². The molecule has 0 radical (unpaired) electrons. The van der Waals surface area contributed by atoms with Crippen molar-refractivity contribution in [2.24, 2.45) is 5.92 Å². The summed E-state index contributed by atoms with van der Waals surface area (Å²) < 4.78 is 16.5. The highest BCUT2D eigenvalue weighted by molar-refractivity contribution is 5.84. The fourth-order valence-electron chi connectivity index (χ4n) is 3.63. The topological polar surface area (TPSA) is 85.3 Å². The first-order chi connectivity index (χ1) is 12.0. The molecule has 7 nitrogen and oxygen atoms in total. The Labute approximate surface area is 145 Å². The molecule has 0 aromatic heterocycles. The number of hydrogen-bond acceptors (Lipinski definition) is 5. The minimum Gasteiger partial charge on any atom is -0.486 e. The van der Waals surface area contributed by atoms with Gasteiger partial charge < -0.3 is 24.2 Å². The van der Waals surface area contributed by atoms with Crippen LogP contribution in [-0.2, 0) is 14.3 Å². The number of nitrogens with zero attached hydrogens (tertiary/aromatic N) is 1. The molecule has 1 saturated heterocycles. The second-order valence-electron chi connectivity index (χ2n) is 6.87. The van der Waals surface area contributed by atoms with E-state index < -0.39 is 12.1 Å². The van der Waals surface area contributed by atoms with E-state index >= 15 is 0 Å². The van der Waals surface area contributed by atoms with Crippen LogP contribution in [-0.4, -0.2) is 60.4 Å². The number of carbonyl (C=O) groups excluding carboxylic acids is 1. The van der Waals surface area contributed by atoms with Crippen LogP contribution in [0.15, 0.2) is 18.2 Å². The van der Waals surface area contributed by atoms with Gasteiger partial charge in [-0.15, -0.1) is 0 Å². The third-order valence-electron chi connectivity index (χ3n) is 4.95. The van der Waals surface area contributed by atoms with Gasteiger partial charge >= 0.3 is 5.97 Å². The van der Waals surface area contributed by atoms with Crippen molar-refractivity contribution < 1.29 is 28.9 Å². The molecule has 0 bridgehead atoms. The molecule has 4 atom stereocenters. The van der Waals surface area contributed by atoms with E-state index in [4.69, 9.17) is 19.3 Å². The van der Waals surface area contributed by atoms with Crippen LogP contribution in [0.1, 0.15) is 24.8 Å². The maximum Gasteiger partial charge on any atom is 0.334 e. The predicted octanol–water partition coefficient (Wildman–Crippen LogP) is 1.26. The van der Waals surface area contributed by atoms with E-state index in [2.05, 4.69) is 0 Å². The smallest absolute Gasteiger partial charge is 0.334 e. The van der Waals surface area contributed by atoms with Crippen LogP contribution in [0.25, 0.3) is 0 Å². The minimum atomic E-state index is -1.02. The summed E-state index contributed by atoms with van der Waals surface area (Å²) in [6, 6.07) is 5.82. The van der Waals surface area contributed by atoms with Gasteiger partial charge in [-0.1, -0.05) is 6.07 Å². The van der Waals surface area contributed by atoms with Gasteiger partial charge in [0.1, 0.15) is 13.2 Å². The number of morpholine rings is 1. The number of fused-ring (bicyclic) bond motifs is 1. The summed E-state index contributed by atoms with van der Waals surface area (Å²) >= 11 is 0. The van der Waals surface area contributed by atoms with Crippen molar-refractivity contribution in [2.75, 3.05) is 26.3 Å². The van der Waals surface area contributed by atoms with E-state index in [1.807, 2.05) is 18.2 Å². The number of benzene rings is 1. The van der Waals surface area contributed by atoms with Gasteiger partial charge in [0.2, 0.25) is 5.91 Å². The number of hydrogen-bond donors (Lipinski definition) is 1. The van der Waals surface area contributed by atoms with Crippen molar-refractivity contribution in [3.05, 3.63) is 23.8 Å². The van der Waals surface area contributed by atoms with Crippen molar-refractivity contribution in [1.82, 2.24) is 4.90 Å². The summed E-state index contributed by atoms with van der Waals surface area (Å²) in [6.07, 6.45) is -0.438. The molecule has 1 aromatic carbocycles. The van der Waals surface area contributed by atoms with Gasteiger partial charge in [0.05, 0.1) is 12.6 Å². The molecule has 3 unspecified atom stereocenters. The number of carboxylic acid groups (broad SMARTS) is 1. The zero-order valence-electron chi connectivity index (χ0n) is 14.0. The number of aliphatic carboxylic acids is 1. The maximum atomic E-state index is 12.8. The molecule has 2 aliphatic heterocycles. The fourth-order valence-corrected chi connectivity index (χ4v) is 3.63. The summed E-state index contributed by atoms with van der Waals surface area (Å²) in [5.74, 6) is 0.523. The van der Waals surface area contributed by atoms with E-state index in [9.17, 15) is 9.59 Å². The SMILES string of the molecule is C[C@@H]1CN(C(=O)C2CC2c2ccc3c(c2)OCCO3)CC(C(=O)O)O1. The van der Waals surface area contributed by atoms with Crippen LogP contribution >= 0.6 is 0 Å². The van der Waals surface area contributed by atoms with Crippen molar-refractivity contribution in [2.45, 2.75) is 31.5 Å². The largest absolute Gasteiger partial charge is 0.486 e. The van der Waals surface area contributed by atoms with Gasteiger partial charge in [-0.25, -0.2) is 4.79 Å². The number of carboxylic acids is 1. The molecule has 3 aliphatic rings. The Bertz CT molecular complexity index is 705. The lowest BCUT2D eigenvalue weighted by Crippen LogP contribution is -2.52. The lowest BCUT2D eigenvalue weighted by Gasteiger charge is -2.35. The maximum absolute atomic E-state index is 12.8. The van der Waals surface area contributed by atoms with Gasteiger partial charge in [-0.2, -0.15) is 0 Å². The zero-order valence-corrected chi connectivity index (χ0v) is 14.0. The third-order valence-corrected chi connectivity index (χ3v) is 4.95. The molecule has 2 fully saturated rings. The Morgan fingerprint density at radius 2 is 1.92 bits per heavy atom. The summed E-state index contributed by atoms with van der Waals surface area (Å²) in [4.78, 5) is 25.6. The molecule has 2 heterocycles. The van der Waals surface area contributed by atoms with Gasteiger partial charge in [0, 0.05) is 12.5 Å². The Kier molecular flexibility index (Phi) is 4.03. The zero-order chi connectivity index (χ0) is 17.6. The average molecular weight is 347 g/mol. The van der Waals surface area contributed by atoms with Gasteiger partial charge in [0.25, 0.3) is 0 Å². The molecular formula is C18H21NO6. The fraction of sp³-hybridized carbons (Fsp3) is 0.556. The Morgan fingerprint density at radius 1 is 1.16 bits per heavy atom. The molecule has 1 aromatic rings. The predicted molar refractivity (Wildman–Crippen MR) is 86.8 cm³/mol. The van der Waals surface area contributed by atoms with Crippen molar-refractivity contribution in [3.63, 3.8) is 0 Å². The minimum absolute atomic E-state index is 0.0151. The second kappa shape index (κ2) is 6.22.